The van der Waals surface area contributed by atoms with Crippen LogP contribution in [-0.2, 0) is 0 Å². The zero-order chi connectivity index (χ0) is 14.2. The predicted molar refractivity (Wildman–Crippen MR) is 79.1 cm³/mol. The summed E-state index contributed by atoms with van der Waals surface area (Å²) in [4.78, 5) is 9.80. The van der Waals surface area contributed by atoms with Gasteiger partial charge in [-0.2, -0.15) is 4.98 Å². The molecule has 3 saturated heterocycles. The van der Waals surface area contributed by atoms with Crippen LogP contribution in [0.5, 0.6) is 0 Å². The lowest BCUT2D eigenvalue weighted by Crippen LogP contribution is -2.57. The van der Waals surface area contributed by atoms with E-state index in [-0.39, 0.29) is 0 Å². The third kappa shape index (κ3) is 2.49. The Morgan fingerprint density at radius 2 is 2.10 bits per heavy atom. The summed E-state index contributed by atoms with van der Waals surface area (Å²) >= 11 is 0. The SMILES string of the molecule is CCNC1CCCC1c1nc(C2CN3CCN2CC3)no1. The molecule has 3 aliphatic heterocycles. The van der Waals surface area contributed by atoms with Gasteiger partial charge in [0.05, 0.1) is 12.0 Å². The number of rotatable bonds is 4. The first-order chi connectivity index (χ1) is 10.3. The third-order valence-electron chi connectivity index (χ3n) is 5.33. The lowest BCUT2D eigenvalue weighted by atomic mass is 10.0. The molecule has 0 aromatic carbocycles. The van der Waals surface area contributed by atoms with Crippen molar-refractivity contribution in [2.24, 2.45) is 0 Å². The topological polar surface area (TPSA) is 57.4 Å². The number of hydrogen-bond donors (Lipinski definition) is 1. The molecule has 0 radical (unpaired) electrons. The standard InChI is InChI=1S/C15H25N5O/c1-2-16-12-5-3-4-11(12)15-17-14(18-21-15)13-10-19-6-8-20(13)9-7-19/h11-13,16H,2-10H2,1H3. The molecule has 4 heterocycles. The summed E-state index contributed by atoms with van der Waals surface area (Å²) in [6.45, 7) is 8.87. The van der Waals surface area contributed by atoms with Crippen LogP contribution in [0.1, 0.15) is 49.9 Å². The Morgan fingerprint density at radius 3 is 2.81 bits per heavy atom. The van der Waals surface area contributed by atoms with Gasteiger partial charge in [0.15, 0.2) is 5.82 Å². The molecule has 1 aliphatic carbocycles. The van der Waals surface area contributed by atoms with Gasteiger partial charge in [-0.15, -0.1) is 0 Å². The molecule has 3 atom stereocenters. The van der Waals surface area contributed by atoms with Crippen LogP contribution in [-0.4, -0.2) is 65.3 Å². The summed E-state index contributed by atoms with van der Waals surface area (Å²) in [6.07, 6.45) is 3.64. The number of hydrogen-bond acceptors (Lipinski definition) is 6. The number of fused-ring (bicyclic) bond motifs is 3. The van der Waals surface area contributed by atoms with Crippen molar-refractivity contribution in [1.82, 2.24) is 25.3 Å². The average molecular weight is 291 g/mol. The number of piperazine rings is 3. The van der Waals surface area contributed by atoms with E-state index < -0.39 is 0 Å². The lowest BCUT2D eigenvalue weighted by Gasteiger charge is -2.46. The van der Waals surface area contributed by atoms with Gasteiger partial charge in [0, 0.05) is 38.8 Å². The van der Waals surface area contributed by atoms with Crippen LogP contribution in [0.4, 0.5) is 0 Å². The summed E-state index contributed by atoms with van der Waals surface area (Å²) in [7, 11) is 0. The first-order valence-electron chi connectivity index (χ1n) is 8.38. The van der Waals surface area contributed by atoms with Crippen molar-refractivity contribution < 1.29 is 4.52 Å². The maximum absolute atomic E-state index is 5.64. The zero-order valence-electron chi connectivity index (χ0n) is 12.8. The molecule has 2 bridgehead atoms. The minimum Gasteiger partial charge on any atom is -0.339 e. The van der Waals surface area contributed by atoms with Crippen molar-refractivity contribution in [1.29, 1.82) is 0 Å². The van der Waals surface area contributed by atoms with Crippen LogP contribution in [0.15, 0.2) is 4.52 Å². The first kappa shape index (κ1) is 13.7. The average Bonchev–Trinajstić information content (AvgIpc) is 3.17. The highest BCUT2D eigenvalue weighted by Gasteiger charge is 2.37. The van der Waals surface area contributed by atoms with Gasteiger partial charge in [-0.1, -0.05) is 18.5 Å². The maximum Gasteiger partial charge on any atom is 0.231 e. The second-order valence-corrected chi connectivity index (χ2v) is 6.54. The number of aromatic nitrogens is 2. The van der Waals surface area contributed by atoms with Crippen LogP contribution < -0.4 is 5.32 Å². The van der Waals surface area contributed by atoms with E-state index in [0.717, 1.165) is 37.9 Å². The van der Waals surface area contributed by atoms with Crippen molar-refractivity contribution in [3.63, 3.8) is 0 Å². The predicted octanol–water partition coefficient (Wildman–Crippen LogP) is 0.988. The Hall–Kier alpha value is -0.980. The summed E-state index contributed by atoms with van der Waals surface area (Å²) in [5.74, 6) is 2.16. The Morgan fingerprint density at radius 1 is 1.24 bits per heavy atom. The number of nitrogens with one attached hydrogen (secondary N) is 1. The van der Waals surface area contributed by atoms with Gasteiger partial charge in [-0.05, 0) is 19.4 Å². The van der Waals surface area contributed by atoms with Gasteiger partial charge >= 0.3 is 0 Å². The van der Waals surface area contributed by atoms with Crippen molar-refractivity contribution in [2.75, 3.05) is 39.3 Å². The fourth-order valence-electron chi connectivity index (χ4n) is 4.16. The molecule has 1 N–H and O–H groups in total. The van der Waals surface area contributed by atoms with E-state index in [9.17, 15) is 0 Å². The second kappa shape index (κ2) is 5.66. The zero-order valence-corrected chi connectivity index (χ0v) is 12.8. The van der Waals surface area contributed by atoms with Crippen LogP contribution >= 0.6 is 0 Å². The Balaban J connectivity index is 1.50. The van der Waals surface area contributed by atoms with Crippen LogP contribution in [0.2, 0.25) is 0 Å². The van der Waals surface area contributed by atoms with Crippen molar-refractivity contribution in [3.8, 4) is 0 Å². The Bertz CT molecular complexity index is 482. The molecule has 21 heavy (non-hydrogen) atoms. The summed E-state index contributed by atoms with van der Waals surface area (Å²) in [6, 6.07) is 0.846. The summed E-state index contributed by atoms with van der Waals surface area (Å²) < 4.78 is 5.64. The highest BCUT2D eigenvalue weighted by atomic mass is 16.5. The van der Waals surface area contributed by atoms with E-state index >= 15 is 0 Å². The van der Waals surface area contributed by atoms with Gasteiger partial charge in [0.25, 0.3) is 0 Å². The monoisotopic (exact) mass is 291 g/mol. The normalized spacial score (nSPS) is 39.0. The van der Waals surface area contributed by atoms with Gasteiger partial charge < -0.3 is 9.84 Å². The number of likely N-dealkylation sites (N-methyl/N-ethyl adjacent to an activating group) is 1. The fraction of sp³-hybridized carbons (Fsp3) is 0.867. The van der Waals surface area contributed by atoms with E-state index in [1.165, 1.54) is 32.4 Å². The Labute approximate surface area is 125 Å². The molecular weight excluding hydrogens is 266 g/mol. The van der Waals surface area contributed by atoms with Crippen LogP contribution in [0.3, 0.4) is 0 Å². The molecule has 6 nitrogen and oxygen atoms in total. The van der Waals surface area contributed by atoms with E-state index in [1.54, 1.807) is 0 Å². The van der Waals surface area contributed by atoms with Crippen molar-refractivity contribution in [2.45, 2.75) is 44.2 Å². The summed E-state index contributed by atoms with van der Waals surface area (Å²) in [5, 5.41) is 7.88. The van der Waals surface area contributed by atoms with E-state index in [2.05, 4.69) is 27.2 Å². The molecule has 6 heteroatoms. The van der Waals surface area contributed by atoms with Crippen LogP contribution in [0, 0.1) is 0 Å². The molecular formula is C15H25N5O. The van der Waals surface area contributed by atoms with Gasteiger partial charge in [0.2, 0.25) is 5.89 Å². The molecule has 0 amide bonds. The van der Waals surface area contributed by atoms with Gasteiger partial charge in [-0.25, -0.2) is 0 Å². The van der Waals surface area contributed by atoms with Crippen molar-refractivity contribution in [3.05, 3.63) is 11.7 Å². The highest BCUT2D eigenvalue weighted by Crippen LogP contribution is 2.35. The fourth-order valence-corrected chi connectivity index (χ4v) is 4.16. The third-order valence-corrected chi connectivity index (χ3v) is 5.33. The molecule has 1 saturated carbocycles. The minimum atomic E-state index is 0.337. The van der Waals surface area contributed by atoms with E-state index in [0.29, 0.717) is 18.0 Å². The van der Waals surface area contributed by atoms with Gasteiger partial charge in [0.1, 0.15) is 0 Å². The second-order valence-electron chi connectivity index (χ2n) is 6.54. The maximum atomic E-state index is 5.64. The molecule has 4 aliphatic rings. The highest BCUT2D eigenvalue weighted by molar-refractivity contribution is 5.07. The molecule has 116 valence electrons. The van der Waals surface area contributed by atoms with E-state index in [1.807, 2.05) is 0 Å². The molecule has 1 aromatic rings. The largest absolute Gasteiger partial charge is 0.339 e. The lowest BCUT2D eigenvalue weighted by molar-refractivity contribution is 0.00781. The molecule has 4 fully saturated rings. The minimum absolute atomic E-state index is 0.337. The quantitative estimate of drug-likeness (QED) is 0.893. The molecule has 1 aromatic heterocycles. The number of nitrogens with zero attached hydrogens (tertiary/aromatic N) is 4. The van der Waals surface area contributed by atoms with Crippen LogP contribution in [0.25, 0.3) is 0 Å². The van der Waals surface area contributed by atoms with Crippen molar-refractivity contribution >= 4 is 0 Å². The first-order valence-corrected chi connectivity index (χ1v) is 8.38. The molecule has 3 unspecified atom stereocenters. The van der Waals surface area contributed by atoms with Gasteiger partial charge in [-0.3, -0.25) is 9.80 Å². The molecule has 0 spiro atoms. The molecule has 5 rings (SSSR count). The summed E-state index contributed by atoms with van der Waals surface area (Å²) in [5.41, 5.74) is 0. The van der Waals surface area contributed by atoms with E-state index in [4.69, 9.17) is 9.51 Å². The smallest absolute Gasteiger partial charge is 0.231 e. The Kier molecular flexibility index (Phi) is 3.69.